The van der Waals surface area contributed by atoms with Crippen LogP contribution < -0.4 is 4.74 Å². The molecule has 0 saturated heterocycles. The summed E-state index contributed by atoms with van der Waals surface area (Å²) in [6, 6.07) is 7.74. The Morgan fingerprint density at radius 2 is 2.14 bits per heavy atom. The first-order valence-electron chi connectivity index (χ1n) is 6.99. The standard InChI is InChI=1S/C16H19NO3S/c1-3-4-8-12-15(16(18)19)21-14(17-12)10-11-7-5-6-9-13(11)20-2/h5-7,9H,3-4,8,10H2,1-2H3,(H,18,19). The predicted molar refractivity (Wildman–Crippen MR) is 83.5 cm³/mol. The molecule has 5 heteroatoms. The van der Waals surface area contributed by atoms with E-state index in [4.69, 9.17) is 4.74 Å². The molecule has 0 saturated carbocycles. The maximum absolute atomic E-state index is 11.3. The van der Waals surface area contributed by atoms with Gasteiger partial charge in [0.2, 0.25) is 0 Å². The van der Waals surface area contributed by atoms with Crippen molar-refractivity contribution in [2.45, 2.75) is 32.6 Å². The lowest BCUT2D eigenvalue weighted by atomic mass is 10.1. The Hall–Kier alpha value is -1.88. The number of ether oxygens (including phenoxy) is 1. The van der Waals surface area contributed by atoms with Crippen LogP contribution in [-0.4, -0.2) is 23.2 Å². The Balaban J connectivity index is 2.26. The third kappa shape index (κ3) is 3.82. The third-order valence-corrected chi connectivity index (χ3v) is 4.32. The SMILES string of the molecule is CCCCc1nc(Cc2ccccc2OC)sc1C(=O)O. The highest BCUT2D eigenvalue weighted by Crippen LogP contribution is 2.26. The summed E-state index contributed by atoms with van der Waals surface area (Å²) in [7, 11) is 1.63. The minimum absolute atomic E-state index is 0.369. The van der Waals surface area contributed by atoms with Crippen LogP contribution in [0, 0.1) is 0 Å². The lowest BCUT2D eigenvalue weighted by Crippen LogP contribution is -1.99. The summed E-state index contributed by atoms with van der Waals surface area (Å²) >= 11 is 1.27. The Morgan fingerprint density at radius 1 is 1.38 bits per heavy atom. The number of carboxylic acid groups (broad SMARTS) is 1. The molecule has 1 aromatic carbocycles. The van der Waals surface area contributed by atoms with E-state index in [1.54, 1.807) is 7.11 Å². The van der Waals surface area contributed by atoms with Gasteiger partial charge in [-0.15, -0.1) is 11.3 Å². The second-order valence-electron chi connectivity index (χ2n) is 4.78. The van der Waals surface area contributed by atoms with Crippen molar-refractivity contribution in [1.82, 2.24) is 4.98 Å². The van der Waals surface area contributed by atoms with Crippen LogP contribution in [0.5, 0.6) is 5.75 Å². The highest BCUT2D eigenvalue weighted by Gasteiger charge is 2.17. The number of nitrogens with zero attached hydrogens (tertiary/aromatic N) is 1. The smallest absolute Gasteiger partial charge is 0.347 e. The van der Waals surface area contributed by atoms with Crippen LogP contribution in [0.15, 0.2) is 24.3 Å². The predicted octanol–water partition coefficient (Wildman–Crippen LogP) is 3.78. The summed E-state index contributed by atoms with van der Waals surface area (Å²) in [4.78, 5) is 16.2. The number of unbranched alkanes of at least 4 members (excludes halogenated alkanes) is 1. The molecule has 0 aliphatic heterocycles. The molecule has 0 unspecified atom stereocenters. The van der Waals surface area contributed by atoms with Gasteiger partial charge in [-0.2, -0.15) is 0 Å². The number of aryl methyl sites for hydroxylation is 1. The number of para-hydroxylation sites is 1. The van der Waals surface area contributed by atoms with Gasteiger partial charge >= 0.3 is 5.97 Å². The summed E-state index contributed by atoms with van der Waals surface area (Å²) in [5.74, 6) is -0.0791. The number of aromatic nitrogens is 1. The molecule has 0 atom stereocenters. The van der Waals surface area contributed by atoms with Gasteiger partial charge < -0.3 is 9.84 Å². The van der Waals surface area contributed by atoms with Gasteiger partial charge in [-0.25, -0.2) is 9.78 Å². The van der Waals surface area contributed by atoms with Crippen molar-refractivity contribution in [3.8, 4) is 5.75 Å². The second-order valence-corrected chi connectivity index (χ2v) is 5.86. The number of aromatic carboxylic acids is 1. The summed E-state index contributed by atoms with van der Waals surface area (Å²) in [6.07, 6.45) is 3.30. The van der Waals surface area contributed by atoms with E-state index in [1.165, 1.54) is 11.3 Å². The fourth-order valence-electron chi connectivity index (χ4n) is 2.17. The van der Waals surface area contributed by atoms with Gasteiger partial charge in [0.05, 0.1) is 17.8 Å². The number of rotatable bonds is 7. The van der Waals surface area contributed by atoms with Crippen molar-refractivity contribution in [1.29, 1.82) is 0 Å². The number of carbonyl (C=O) groups is 1. The Labute approximate surface area is 128 Å². The first kappa shape index (κ1) is 15.5. The number of methoxy groups -OCH3 is 1. The average Bonchev–Trinajstić information content (AvgIpc) is 2.89. The van der Waals surface area contributed by atoms with Gasteiger partial charge in [-0.1, -0.05) is 31.5 Å². The molecule has 0 amide bonds. The summed E-state index contributed by atoms with van der Waals surface area (Å²) < 4.78 is 5.33. The Morgan fingerprint density at radius 3 is 2.81 bits per heavy atom. The highest BCUT2D eigenvalue weighted by molar-refractivity contribution is 7.13. The second kappa shape index (κ2) is 7.22. The zero-order valence-electron chi connectivity index (χ0n) is 12.3. The molecule has 21 heavy (non-hydrogen) atoms. The van der Waals surface area contributed by atoms with Crippen LogP contribution >= 0.6 is 11.3 Å². The molecule has 0 radical (unpaired) electrons. The largest absolute Gasteiger partial charge is 0.496 e. The van der Waals surface area contributed by atoms with Gasteiger partial charge in [0.1, 0.15) is 10.6 Å². The van der Waals surface area contributed by atoms with Crippen LogP contribution in [0.3, 0.4) is 0 Å². The molecule has 0 aliphatic rings. The van der Waals surface area contributed by atoms with Gasteiger partial charge in [-0.05, 0) is 18.9 Å². The fraction of sp³-hybridized carbons (Fsp3) is 0.375. The van der Waals surface area contributed by atoms with E-state index in [0.717, 1.165) is 35.6 Å². The monoisotopic (exact) mass is 305 g/mol. The van der Waals surface area contributed by atoms with E-state index < -0.39 is 5.97 Å². The fourth-order valence-corrected chi connectivity index (χ4v) is 3.14. The van der Waals surface area contributed by atoms with Crippen LogP contribution in [-0.2, 0) is 12.8 Å². The quantitative estimate of drug-likeness (QED) is 0.845. The van der Waals surface area contributed by atoms with Crippen molar-refractivity contribution in [3.63, 3.8) is 0 Å². The number of hydrogen-bond donors (Lipinski definition) is 1. The van der Waals surface area contributed by atoms with E-state index in [0.29, 0.717) is 17.0 Å². The minimum atomic E-state index is -0.884. The van der Waals surface area contributed by atoms with Crippen molar-refractivity contribution in [3.05, 3.63) is 45.4 Å². The molecule has 2 rings (SSSR count). The number of hydrogen-bond acceptors (Lipinski definition) is 4. The first-order chi connectivity index (χ1) is 10.2. The normalized spacial score (nSPS) is 10.6. The molecule has 0 spiro atoms. The topological polar surface area (TPSA) is 59.4 Å². The van der Waals surface area contributed by atoms with E-state index in [2.05, 4.69) is 11.9 Å². The minimum Gasteiger partial charge on any atom is -0.496 e. The van der Waals surface area contributed by atoms with Gasteiger partial charge in [0.25, 0.3) is 0 Å². The zero-order chi connectivity index (χ0) is 15.2. The molecule has 1 heterocycles. The lowest BCUT2D eigenvalue weighted by Gasteiger charge is -2.05. The Bertz CT molecular complexity index is 622. The molecule has 0 bridgehead atoms. The summed E-state index contributed by atoms with van der Waals surface area (Å²) in [5.41, 5.74) is 1.73. The van der Waals surface area contributed by atoms with E-state index in [1.807, 2.05) is 24.3 Å². The van der Waals surface area contributed by atoms with Crippen LogP contribution in [0.25, 0.3) is 0 Å². The molecule has 2 aromatic rings. The zero-order valence-corrected chi connectivity index (χ0v) is 13.1. The molecule has 1 aromatic heterocycles. The van der Waals surface area contributed by atoms with Gasteiger partial charge in [0, 0.05) is 12.0 Å². The van der Waals surface area contributed by atoms with Crippen molar-refractivity contribution in [2.75, 3.05) is 7.11 Å². The molecule has 0 aliphatic carbocycles. The molecule has 112 valence electrons. The molecule has 0 fully saturated rings. The van der Waals surface area contributed by atoms with Gasteiger partial charge in [-0.3, -0.25) is 0 Å². The van der Waals surface area contributed by atoms with Crippen LogP contribution in [0.1, 0.15) is 45.7 Å². The lowest BCUT2D eigenvalue weighted by molar-refractivity contribution is 0.0700. The highest BCUT2D eigenvalue weighted by atomic mass is 32.1. The number of carboxylic acids is 1. The summed E-state index contributed by atoms with van der Waals surface area (Å²) in [5, 5.41) is 10.1. The van der Waals surface area contributed by atoms with E-state index in [9.17, 15) is 9.90 Å². The maximum Gasteiger partial charge on any atom is 0.347 e. The van der Waals surface area contributed by atoms with E-state index >= 15 is 0 Å². The van der Waals surface area contributed by atoms with Gasteiger partial charge in [0.15, 0.2) is 0 Å². The molecular weight excluding hydrogens is 286 g/mol. The van der Waals surface area contributed by atoms with Crippen LogP contribution in [0.2, 0.25) is 0 Å². The molecule has 1 N–H and O–H groups in total. The van der Waals surface area contributed by atoms with Crippen molar-refractivity contribution < 1.29 is 14.6 Å². The Kier molecular flexibility index (Phi) is 5.33. The molecule has 4 nitrogen and oxygen atoms in total. The van der Waals surface area contributed by atoms with E-state index in [-0.39, 0.29) is 0 Å². The molecular formula is C16H19NO3S. The van der Waals surface area contributed by atoms with Crippen molar-refractivity contribution >= 4 is 17.3 Å². The third-order valence-electron chi connectivity index (χ3n) is 3.24. The maximum atomic E-state index is 11.3. The summed E-state index contributed by atoms with van der Waals surface area (Å²) in [6.45, 7) is 2.09. The first-order valence-corrected chi connectivity index (χ1v) is 7.81. The van der Waals surface area contributed by atoms with Crippen LogP contribution in [0.4, 0.5) is 0 Å². The number of thiazole rings is 1. The average molecular weight is 305 g/mol. The number of benzene rings is 1. The van der Waals surface area contributed by atoms with Crippen molar-refractivity contribution in [2.24, 2.45) is 0 Å².